The lowest BCUT2D eigenvalue weighted by Crippen LogP contribution is -1.93. The van der Waals surface area contributed by atoms with E-state index in [4.69, 9.17) is 4.74 Å². The van der Waals surface area contributed by atoms with Crippen molar-refractivity contribution in [1.29, 1.82) is 0 Å². The number of hydrogen-bond donors (Lipinski definition) is 0. The molecule has 0 spiro atoms. The minimum absolute atomic E-state index is 0.0419. The lowest BCUT2D eigenvalue weighted by atomic mass is 10.1. The van der Waals surface area contributed by atoms with E-state index in [0.717, 1.165) is 11.3 Å². The average Bonchev–Trinajstić information content (AvgIpc) is 2.32. The number of ether oxygens (including phenoxy) is 1. The van der Waals surface area contributed by atoms with Gasteiger partial charge in [-0.3, -0.25) is 4.79 Å². The standard InChI is InChI=1S/C15H14O2/c1-11-6-3-4-9-15(11)17-14-8-5-7-13(10-14)12(2)16/h3-10H,1-2H3. The first-order chi connectivity index (χ1) is 8.16. The summed E-state index contributed by atoms with van der Waals surface area (Å²) in [5, 5.41) is 0. The fourth-order valence-corrected chi connectivity index (χ4v) is 1.58. The van der Waals surface area contributed by atoms with Gasteiger partial charge in [0.05, 0.1) is 0 Å². The zero-order valence-corrected chi connectivity index (χ0v) is 9.94. The van der Waals surface area contributed by atoms with Crippen LogP contribution in [0.5, 0.6) is 11.5 Å². The van der Waals surface area contributed by atoms with Crippen LogP contribution in [0.1, 0.15) is 22.8 Å². The number of ketones is 1. The van der Waals surface area contributed by atoms with Gasteiger partial charge in [-0.25, -0.2) is 0 Å². The van der Waals surface area contributed by atoms with Gasteiger partial charge in [-0.1, -0.05) is 30.3 Å². The summed E-state index contributed by atoms with van der Waals surface area (Å²) in [7, 11) is 0. The van der Waals surface area contributed by atoms with Crippen LogP contribution in [0.15, 0.2) is 48.5 Å². The van der Waals surface area contributed by atoms with E-state index >= 15 is 0 Å². The summed E-state index contributed by atoms with van der Waals surface area (Å²) in [4.78, 5) is 11.3. The number of Topliss-reactive ketones (excluding diaryl/α,β-unsaturated/α-hetero) is 1. The number of rotatable bonds is 3. The molecule has 0 N–H and O–H groups in total. The summed E-state index contributed by atoms with van der Waals surface area (Å²) in [5.41, 5.74) is 1.73. The summed E-state index contributed by atoms with van der Waals surface area (Å²) < 4.78 is 5.75. The maximum absolute atomic E-state index is 11.3. The summed E-state index contributed by atoms with van der Waals surface area (Å²) in [6, 6.07) is 15.0. The highest BCUT2D eigenvalue weighted by Crippen LogP contribution is 2.25. The number of para-hydroxylation sites is 1. The monoisotopic (exact) mass is 226 g/mol. The summed E-state index contributed by atoms with van der Waals surface area (Å²) in [6.07, 6.45) is 0. The SMILES string of the molecule is CC(=O)c1cccc(Oc2ccccc2C)c1. The Balaban J connectivity index is 2.28. The Morgan fingerprint density at radius 2 is 1.82 bits per heavy atom. The molecular formula is C15H14O2. The lowest BCUT2D eigenvalue weighted by molar-refractivity contribution is 0.101. The molecule has 0 amide bonds. The van der Waals surface area contributed by atoms with Gasteiger partial charge in [0.15, 0.2) is 5.78 Å². The Bertz CT molecular complexity index is 544. The second-order valence-corrected chi connectivity index (χ2v) is 3.95. The quantitative estimate of drug-likeness (QED) is 0.740. The maximum Gasteiger partial charge on any atom is 0.159 e. The predicted molar refractivity (Wildman–Crippen MR) is 67.7 cm³/mol. The van der Waals surface area contributed by atoms with Crippen molar-refractivity contribution in [1.82, 2.24) is 0 Å². The van der Waals surface area contributed by atoms with Crippen LogP contribution in [-0.2, 0) is 0 Å². The summed E-state index contributed by atoms with van der Waals surface area (Å²) in [5.74, 6) is 1.54. The zero-order valence-electron chi connectivity index (χ0n) is 9.94. The van der Waals surface area contributed by atoms with E-state index < -0.39 is 0 Å². The van der Waals surface area contributed by atoms with Crippen molar-refractivity contribution in [2.75, 3.05) is 0 Å². The second kappa shape index (κ2) is 4.83. The molecule has 0 aliphatic heterocycles. The first-order valence-corrected chi connectivity index (χ1v) is 5.51. The molecule has 0 fully saturated rings. The van der Waals surface area contributed by atoms with Crippen LogP contribution in [-0.4, -0.2) is 5.78 Å². The molecule has 2 aromatic carbocycles. The van der Waals surface area contributed by atoms with E-state index in [1.165, 1.54) is 0 Å². The minimum atomic E-state index is 0.0419. The van der Waals surface area contributed by atoms with Crippen molar-refractivity contribution >= 4 is 5.78 Å². The Morgan fingerprint density at radius 1 is 1.06 bits per heavy atom. The van der Waals surface area contributed by atoms with Crippen LogP contribution in [0.25, 0.3) is 0 Å². The van der Waals surface area contributed by atoms with Crippen LogP contribution < -0.4 is 4.74 Å². The molecule has 2 nitrogen and oxygen atoms in total. The minimum Gasteiger partial charge on any atom is -0.457 e. The molecule has 0 atom stereocenters. The van der Waals surface area contributed by atoms with E-state index in [2.05, 4.69) is 0 Å². The van der Waals surface area contributed by atoms with E-state index in [1.54, 1.807) is 19.1 Å². The number of benzene rings is 2. The van der Waals surface area contributed by atoms with Gasteiger partial charge in [0, 0.05) is 5.56 Å². The predicted octanol–water partition coefficient (Wildman–Crippen LogP) is 3.99. The topological polar surface area (TPSA) is 26.3 Å². The zero-order chi connectivity index (χ0) is 12.3. The van der Waals surface area contributed by atoms with Crippen molar-refractivity contribution in [3.05, 3.63) is 59.7 Å². The van der Waals surface area contributed by atoms with Gasteiger partial charge in [0.2, 0.25) is 0 Å². The molecule has 0 bridgehead atoms. The molecule has 0 heterocycles. The molecule has 0 saturated carbocycles. The van der Waals surface area contributed by atoms with Crippen LogP contribution in [0.2, 0.25) is 0 Å². The van der Waals surface area contributed by atoms with Gasteiger partial charge in [0.25, 0.3) is 0 Å². The van der Waals surface area contributed by atoms with Crippen LogP contribution in [0, 0.1) is 6.92 Å². The lowest BCUT2D eigenvalue weighted by Gasteiger charge is -2.08. The third-order valence-corrected chi connectivity index (χ3v) is 2.56. The number of aryl methyl sites for hydroxylation is 1. The molecule has 0 unspecified atom stereocenters. The maximum atomic E-state index is 11.3. The van der Waals surface area contributed by atoms with E-state index in [0.29, 0.717) is 11.3 Å². The third-order valence-electron chi connectivity index (χ3n) is 2.56. The number of carbonyl (C=O) groups is 1. The van der Waals surface area contributed by atoms with Crippen molar-refractivity contribution in [3.8, 4) is 11.5 Å². The molecule has 0 aromatic heterocycles. The first kappa shape index (κ1) is 11.4. The van der Waals surface area contributed by atoms with Crippen LogP contribution in [0.3, 0.4) is 0 Å². The molecule has 0 radical (unpaired) electrons. The summed E-state index contributed by atoms with van der Waals surface area (Å²) in [6.45, 7) is 3.54. The molecule has 2 aromatic rings. The highest BCUT2D eigenvalue weighted by molar-refractivity contribution is 5.94. The normalized spacial score (nSPS) is 10.0. The number of carbonyl (C=O) groups excluding carboxylic acids is 1. The van der Waals surface area contributed by atoms with Crippen LogP contribution >= 0.6 is 0 Å². The highest BCUT2D eigenvalue weighted by atomic mass is 16.5. The fourth-order valence-electron chi connectivity index (χ4n) is 1.58. The molecular weight excluding hydrogens is 212 g/mol. The third kappa shape index (κ3) is 2.72. The van der Waals surface area contributed by atoms with E-state index in [9.17, 15) is 4.79 Å². The van der Waals surface area contributed by atoms with Gasteiger partial charge in [-0.2, -0.15) is 0 Å². The van der Waals surface area contributed by atoms with Crippen molar-refractivity contribution in [2.45, 2.75) is 13.8 Å². The molecule has 2 rings (SSSR count). The first-order valence-electron chi connectivity index (χ1n) is 5.51. The van der Waals surface area contributed by atoms with Crippen LogP contribution in [0.4, 0.5) is 0 Å². The average molecular weight is 226 g/mol. The second-order valence-electron chi connectivity index (χ2n) is 3.95. The summed E-state index contributed by atoms with van der Waals surface area (Å²) >= 11 is 0. The van der Waals surface area contributed by atoms with Gasteiger partial charge in [0.1, 0.15) is 11.5 Å². The van der Waals surface area contributed by atoms with Gasteiger partial charge >= 0.3 is 0 Å². The van der Waals surface area contributed by atoms with Gasteiger partial charge in [-0.15, -0.1) is 0 Å². The van der Waals surface area contributed by atoms with Gasteiger partial charge in [-0.05, 0) is 37.6 Å². The molecule has 86 valence electrons. The Hall–Kier alpha value is -2.09. The largest absolute Gasteiger partial charge is 0.457 e. The molecule has 2 heteroatoms. The molecule has 17 heavy (non-hydrogen) atoms. The van der Waals surface area contributed by atoms with E-state index in [-0.39, 0.29) is 5.78 Å². The van der Waals surface area contributed by atoms with E-state index in [1.807, 2.05) is 43.3 Å². The Labute approximate surface area is 101 Å². The Morgan fingerprint density at radius 3 is 2.53 bits per heavy atom. The molecule has 0 saturated heterocycles. The smallest absolute Gasteiger partial charge is 0.159 e. The van der Waals surface area contributed by atoms with Crippen molar-refractivity contribution < 1.29 is 9.53 Å². The van der Waals surface area contributed by atoms with Crippen molar-refractivity contribution in [2.24, 2.45) is 0 Å². The Kier molecular flexibility index (Phi) is 3.24. The molecule has 0 aliphatic carbocycles. The molecule has 0 aliphatic rings. The highest BCUT2D eigenvalue weighted by Gasteiger charge is 2.03. The van der Waals surface area contributed by atoms with Crippen molar-refractivity contribution in [3.63, 3.8) is 0 Å². The van der Waals surface area contributed by atoms with Gasteiger partial charge < -0.3 is 4.74 Å². The fraction of sp³-hybridized carbons (Fsp3) is 0.133. The number of hydrogen-bond acceptors (Lipinski definition) is 2.